The number of benzene rings is 1. The molecule has 0 amide bonds. The van der Waals surface area contributed by atoms with Crippen LogP contribution in [0.1, 0.15) is 30.5 Å². The highest BCUT2D eigenvalue weighted by atomic mass is 16.1. The summed E-state index contributed by atoms with van der Waals surface area (Å²) in [6.45, 7) is 0.486. The molecule has 1 aromatic heterocycles. The molecule has 24 heavy (non-hydrogen) atoms. The van der Waals surface area contributed by atoms with E-state index < -0.39 is 0 Å². The van der Waals surface area contributed by atoms with Crippen LogP contribution in [0.4, 0.5) is 0 Å². The van der Waals surface area contributed by atoms with Gasteiger partial charge in [-0.05, 0) is 29.9 Å². The first kappa shape index (κ1) is 14.5. The van der Waals surface area contributed by atoms with E-state index in [0.29, 0.717) is 18.4 Å². The second-order valence-corrected chi connectivity index (χ2v) is 5.84. The van der Waals surface area contributed by atoms with Crippen molar-refractivity contribution >= 4 is 22.1 Å². The SMILES string of the molecule is N#CCCN/N=C1\C2=CCCC=C2c2c1[nH]c(=O)c1ccccc21. The third kappa shape index (κ3) is 2.16. The number of pyridine rings is 1. The summed E-state index contributed by atoms with van der Waals surface area (Å²) in [5.41, 5.74) is 7.63. The van der Waals surface area contributed by atoms with Gasteiger partial charge in [0.15, 0.2) is 0 Å². The fourth-order valence-corrected chi connectivity index (χ4v) is 3.37. The Bertz CT molecular complexity index is 1020. The zero-order chi connectivity index (χ0) is 16.5. The molecule has 5 heteroatoms. The van der Waals surface area contributed by atoms with E-state index in [2.05, 4.69) is 33.7 Å². The van der Waals surface area contributed by atoms with Gasteiger partial charge in [0.25, 0.3) is 5.56 Å². The lowest BCUT2D eigenvalue weighted by atomic mass is 9.95. The molecule has 0 saturated carbocycles. The van der Waals surface area contributed by atoms with Crippen LogP contribution in [0, 0.1) is 11.3 Å². The van der Waals surface area contributed by atoms with Crippen molar-refractivity contribution in [2.45, 2.75) is 19.3 Å². The molecular weight excluding hydrogens is 300 g/mol. The molecule has 0 saturated heterocycles. The van der Waals surface area contributed by atoms with Gasteiger partial charge < -0.3 is 10.4 Å². The number of hydrogen-bond acceptors (Lipinski definition) is 4. The highest BCUT2D eigenvalue weighted by molar-refractivity contribution is 6.31. The molecule has 1 aromatic carbocycles. The van der Waals surface area contributed by atoms with Crippen LogP contribution >= 0.6 is 0 Å². The van der Waals surface area contributed by atoms with E-state index in [1.165, 1.54) is 0 Å². The molecule has 4 rings (SSSR count). The monoisotopic (exact) mass is 316 g/mol. The van der Waals surface area contributed by atoms with E-state index in [1.54, 1.807) is 0 Å². The molecule has 5 nitrogen and oxygen atoms in total. The molecule has 2 aromatic rings. The van der Waals surface area contributed by atoms with E-state index in [9.17, 15) is 4.79 Å². The summed E-state index contributed by atoms with van der Waals surface area (Å²) in [6.07, 6.45) is 6.73. The molecule has 0 bridgehead atoms. The van der Waals surface area contributed by atoms with Gasteiger partial charge in [0, 0.05) is 23.1 Å². The van der Waals surface area contributed by atoms with E-state index in [-0.39, 0.29) is 5.56 Å². The summed E-state index contributed by atoms with van der Waals surface area (Å²) in [4.78, 5) is 15.5. The number of nitrogens with zero attached hydrogens (tertiary/aromatic N) is 2. The molecule has 0 atom stereocenters. The van der Waals surface area contributed by atoms with Crippen LogP contribution in [0.2, 0.25) is 0 Å². The van der Waals surface area contributed by atoms with Crippen LogP contribution in [0.5, 0.6) is 0 Å². The predicted molar refractivity (Wildman–Crippen MR) is 94.6 cm³/mol. The van der Waals surface area contributed by atoms with Crippen molar-refractivity contribution in [3.8, 4) is 6.07 Å². The van der Waals surface area contributed by atoms with Crippen LogP contribution in [0.3, 0.4) is 0 Å². The molecule has 2 N–H and O–H groups in total. The Morgan fingerprint density at radius 1 is 1.17 bits per heavy atom. The lowest BCUT2D eigenvalue weighted by Gasteiger charge is -2.09. The minimum absolute atomic E-state index is 0.103. The number of aromatic nitrogens is 1. The van der Waals surface area contributed by atoms with Crippen molar-refractivity contribution in [2.24, 2.45) is 5.10 Å². The largest absolute Gasteiger partial charge is 0.319 e. The Balaban J connectivity index is 1.95. The third-order valence-corrected chi connectivity index (χ3v) is 4.38. The van der Waals surface area contributed by atoms with Crippen molar-refractivity contribution in [3.05, 3.63) is 63.6 Å². The Kier molecular flexibility index (Phi) is 3.51. The van der Waals surface area contributed by atoms with Gasteiger partial charge in [0.05, 0.1) is 18.2 Å². The smallest absolute Gasteiger partial charge is 0.256 e. The van der Waals surface area contributed by atoms with Gasteiger partial charge in [-0.2, -0.15) is 10.4 Å². The van der Waals surface area contributed by atoms with Crippen LogP contribution in [0.25, 0.3) is 16.3 Å². The number of aromatic amines is 1. The molecule has 0 unspecified atom stereocenters. The van der Waals surface area contributed by atoms with Gasteiger partial charge in [-0.3, -0.25) is 4.79 Å². The number of nitriles is 1. The summed E-state index contributed by atoms with van der Waals surface area (Å²) in [6, 6.07) is 9.76. The number of allylic oxidation sites excluding steroid dienone is 4. The van der Waals surface area contributed by atoms with Gasteiger partial charge in [0.2, 0.25) is 0 Å². The molecule has 2 aliphatic carbocycles. The van der Waals surface area contributed by atoms with Crippen LogP contribution < -0.4 is 11.0 Å². The van der Waals surface area contributed by atoms with E-state index in [0.717, 1.165) is 46.3 Å². The molecule has 0 spiro atoms. The van der Waals surface area contributed by atoms with Gasteiger partial charge in [-0.1, -0.05) is 30.4 Å². The number of nitrogens with one attached hydrogen (secondary N) is 2. The lowest BCUT2D eigenvalue weighted by molar-refractivity contribution is 0.747. The van der Waals surface area contributed by atoms with Gasteiger partial charge in [-0.25, -0.2) is 0 Å². The standard InChI is InChI=1S/C19H16N4O/c20-10-5-11-21-23-17-14-8-3-1-6-12(14)16-13-7-2-4-9-15(13)19(24)22-18(16)17/h2,4,6-9,21H,1,3,5,11H2,(H,22,24)/b23-17+. The molecular formula is C19H16N4O. The summed E-state index contributed by atoms with van der Waals surface area (Å²) in [5, 5.41) is 14.8. The molecule has 0 aliphatic heterocycles. The minimum atomic E-state index is -0.103. The van der Waals surface area contributed by atoms with Crippen molar-refractivity contribution in [2.75, 3.05) is 6.54 Å². The van der Waals surface area contributed by atoms with E-state index in [4.69, 9.17) is 5.26 Å². The Hall–Kier alpha value is -3.13. The Morgan fingerprint density at radius 3 is 2.71 bits per heavy atom. The highest BCUT2D eigenvalue weighted by Gasteiger charge is 2.32. The summed E-state index contributed by atoms with van der Waals surface area (Å²) in [7, 11) is 0. The summed E-state index contributed by atoms with van der Waals surface area (Å²) >= 11 is 0. The molecule has 0 radical (unpaired) electrons. The number of hydrazone groups is 1. The third-order valence-electron chi connectivity index (χ3n) is 4.38. The van der Waals surface area contributed by atoms with Crippen molar-refractivity contribution in [1.82, 2.24) is 10.4 Å². The van der Waals surface area contributed by atoms with E-state index in [1.807, 2.05) is 24.3 Å². The first-order chi connectivity index (χ1) is 11.8. The normalized spacial score (nSPS) is 17.0. The second-order valence-electron chi connectivity index (χ2n) is 5.84. The predicted octanol–water partition coefficient (Wildman–Crippen LogP) is 2.85. The average molecular weight is 316 g/mol. The number of H-pyrrole nitrogens is 1. The maximum absolute atomic E-state index is 12.5. The van der Waals surface area contributed by atoms with Crippen molar-refractivity contribution < 1.29 is 0 Å². The van der Waals surface area contributed by atoms with Gasteiger partial charge in [0.1, 0.15) is 5.71 Å². The molecule has 2 aliphatic rings. The number of fused-ring (bicyclic) bond motifs is 5. The minimum Gasteiger partial charge on any atom is -0.319 e. The fourth-order valence-electron chi connectivity index (χ4n) is 3.37. The molecule has 0 fully saturated rings. The summed E-state index contributed by atoms with van der Waals surface area (Å²) < 4.78 is 0. The van der Waals surface area contributed by atoms with Gasteiger partial charge >= 0.3 is 0 Å². The number of hydrogen-bond donors (Lipinski definition) is 2. The zero-order valence-electron chi connectivity index (χ0n) is 13.1. The Morgan fingerprint density at radius 2 is 1.92 bits per heavy atom. The Labute approximate surface area is 139 Å². The van der Waals surface area contributed by atoms with Gasteiger partial charge in [-0.15, -0.1) is 0 Å². The highest BCUT2D eigenvalue weighted by Crippen LogP contribution is 2.41. The molecule has 1 heterocycles. The number of rotatable bonds is 3. The fraction of sp³-hybridized carbons (Fsp3) is 0.211. The quantitative estimate of drug-likeness (QED) is 0.675. The zero-order valence-corrected chi connectivity index (χ0v) is 13.1. The van der Waals surface area contributed by atoms with Crippen LogP contribution in [0.15, 0.2) is 51.9 Å². The topological polar surface area (TPSA) is 81.0 Å². The maximum atomic E-state index is 12.5. The van der Waals surface area contributed by atoms with Crippen molar-refractivity contribution in [1.29, 1.82) is 5.26 Å². The molecule has 118 valence electrons. The lowest BCUT2D eigenvalue weighted by Crippen LogP contribution is -2.16. The average Bonchev–Trinajstić information content (AvgIpc) is 2.93. The van der Waals surface area contributed by atoms with E-state index >= 15 is 0 Å². The summed E-state index contributed by atoms with van der Waals surface area (Å²) in [5.74, 6) is 0. The van der Waals surface area contributed by atoms with Crippen LogP contribution in [-0.2, 0) is 0 Å². The van der Waals surface area contributed by atoms with Crippen molar-refractivity contribution in [3.63, 3.8) is 0 Å². The second kappa shape index (κ2) is 5.82. The first-order valence-corrected chi connectivity index (χ1v) is 8.05. The first-order valence-electron chi connectivity index (χ1n) is 8.05. The van der Waals surface area contributed by atoms with Crippen LogP contribution in [-0.4, -0.2) is 17.2 Å². The maximum Gasteiger partial charge on any atom is 0.256 e.